The van der Waals surface area contributed by atoms with Crippen LogP contribution in [0, 0.1) is 11.8 Å². The summed E-state index contributed by atoms with van der Waals surface area (Å²) < 4.78 is 35.3. The molecule has 240 valence electrons. The van der Waals surface area contributed by atoms with Gasteiger partial charge in [-0.25, -0.2) is 4.98 Å². The first-order chi connectivity index (χ1) is 22.9. The van der Waals surface area contributed by atoms with Crippen molar-refractivity contribution in [3.63, 3.8) is 0 Å². The number of esters is 1. The number of aromatic nitrogens is 1. The lowest BCUT2D eigenvalue weighted by atomic mass is 9.65. The van der Waals surface area contributed by atoms with E-state index >= 15 is 0 Å². The third kappa shape index (κ3) is 4.97. The van der Waals surface area contributed by atoms with E-state index in [0.717, 1.165) is 43.2 Å². The normalized spacial score (nSPS) is 20.8. The summed E-state index contributed by atoms with van der Waals surface area (Å²) in [5.74, 6) is 1.49. The number of rotatable bonds is 7. The van der Waals surface area contributed by atoms with Gasteiger partial charge >= 0.3 is 5.97 Å². The summed E-state index contributed by atoms with van der Waals surface area (Å²) in [5.41, 5.74) is 5.34. The van der Waals surface area contributed by atoms with Gasteiger partial charge in [0.1, 0.15) is 10.5 Å². The van der Waals surface area contributed by atoms with E-state index in [1.54, 1.807) is 27.4 Å². The van der Waals surface area contributed by atoms with Crippen LogP contribution in [0.5, 0.6) is 28.7 Å². The zero-order chi connectivity index (χ0) is 32.4. The van der Waals surface area contributed by atoms with Gasteiger partial charge in [0, 0.05) is 28.1 Å². The molecular weight excluding hydrogens is 663 g/mol. The van der Waals surface area contributed by atoms with E-state index in [2.05, 4.69) is 5.32 Å². The van der Waals surface area contributed by atoms with Crippen LogP contribution in [0.15, 0.2) is 60.7 Å². The summed E-state index contributed by atoms with van der Waals surface area (Å²) in [4.78, 5) is 18.3. The smallest absolute Gasteiger partial charge is 0.310 e. The lowest BCUT2D eigenvalue weighted by Crippen LogP contribution is -2.37. The number of thiazole rings is 1. The molecule has 4 aromatic carbocycles. The molecule has 3 aliphatic rings. The molecule has 4 atom stereocenters. The van der Waals surface area contributed by atoms with E-state index < -0.39 is 5.92 Å². The van der Waals surface area contributed by atoms with Crippen LogP contribution in [-0.4, -0.2) is 45.7 Å². The minimum atomic E-state index is -0.484. The van der Waals surface area contributed by atoms with Crippen LogP contribution < -0.4 is 29.0 Å². The van der Waals surface area contributed by atoms with Gasteiger partial charge in [0.2, 0.25) is 12.5 Å². The molecule has 12 heteroatoms. The highest BCUT2D eigenvalue weighted by molar-refractivity contribution is 7.21. The molecule has 0 amide bonds. The SMILES string of the molecule is COc1cc([C@@H]2c3cc4c(cc3C(Nc3ccc(-c5nc6c(Cl)cc(Cl)cc6s5)cc3)[C@H]3COC(=O)[C@H]23)OCO4)cc(OC)c1OC. The van der Waals surface area contributed by atoms with Gasteiger partial charge in [0.05, 0.1) is 49.6 Å². The molecule has 0 saturated carbocycles. The number of methoxy groups -OCH3 is 3. The van der Waals surface area contributed by atoms with Crippen LogP contribution in [0.2, 0.25) is 10.0 Å². The molecule has 1 aliphatic carbocycles. The standard InChI is InChI=1S/C35H28Cl2N2O7S/c1-41-26-8-17(9-27(42-2)33(26)43-3)29-20-12-24-25(46-15-45-24)13-21(20)31(22-14-44-35(40)30(22)29)38-19-6-4-16(5-7-19)34-39-32-23(37)10-18(36)11-28(32)47-34/h4-13,22,29-31,38H,14-15H2,1-3H3/t22-,29+,30-,31?/m0/s1. The van der Waals surface area contributed by atoms with Crippen LogP contribution >= 0.6 is 34.5 Å². The van der Waals surface area contributed by atoms with E-state index in [9.17, 15) is 4.79 Å². The Kier molecular flexibility index (Phi) is 7.46. The molecule has 2 aliphatic heterocycles. The highest BCUT2D eigenvalue weighted by Crippen LogP contribution is 2.56. The second kappa shape index (κ2) is 11.7. The molecular formula is C35H28Cl2N2O7S. The Morgan fingerprint density at radius 2 is 1.57 bits per heavy atom. The summed E-state index contributed by atoms with van der Waals surface area (Å²) >= 11 is 14.2. The third-order valence-electron chi connectivity index (χ3n) is 9.10. The Hall–Kier alpha value is -4.38. The van der Waals surface area contributed by atoms with Gasteiger partial charge in [-0.05, 0) is 77.4 Å². The molecule has 1 saturated heterocycles. The van der Waals surface area contributed by atoms with Gasteiger partial charge in [-0.3, -0.25) is 4.79 Å². The molecule has 0 spiro atoms. The van der Waals surface area contributed by atoms with Gasteiger partial charge in [0.25, 0.3) is 0 Å². The summed E-state index contributed by atoms with van der Waals surface area (Å²) in [6.45, 7) is 0.397. The lowest BCUT2D eigenvalue weighted by Gasteiger charge is -2.40. The molecule has 1 N–H and O–H groups in total. The van der Waals surface area contributed by atoms with Crippen molar-refractivity contribution in [3.05, 3.63) is 87.4 Å². The number of ether oxygens (including phenoxy) is 6. The van der Waals surface area contributed by atoms with E-state index in [0.29, 0.717) is 38.8 Å². The molecule has 9 nitrogen and oxygen atoms in total. The van der Waals surface area contributed by atoms with Crippen molar-refractivity contribution < 1.29 is 33.2 Å². The van der Waals surface area contributed by atoms with Crippen molar-refractivity contribution >= 4 is 56.4 Å². The Bertz CT molecular complexity index is 2030. The number of carbonyl (C=O) groups is 1. The predicted molar refractivity (Wildman–Crippen MR) is 180 cm³/mol. The largest absolute Gasteiger partial charge is 0.493 e. The van der Waals surface area contributed by atoms with Crippen molar-refractivity contribution in [2.24, 2.45) is 11.8 Å². The lowest BCUT2D eigenvalue weighted by molar-refractivity contribution is -0.141. The number of nitrogens with one attached hydrogen (secondary N) is 1. The first-order valence-electron chi connectivity index (χ1n) is 14.9. The number of benzene rings is 4. The Labute approximate surface area is 284 Å². The van der Waals surface area contributed by atoms with Gasteiger partial charge in [-0.15, -0.1) is 11.3 Å². The van der Waals surface area contributed by atoms with Crippen LogP contribution in [0.1, 0.15) is 28.7 Å². The Morgan fingerprint density at radius 3 is 2.26 bits per heavy atom. The summed E-state index contributed by atoms with van der Waals surface area (Å²) in [6.07, 6.45) is 0. The monoisotopic (exact) mass is 690 g/mol. The van der Waals surface area contributed by atoms with Crippen LogP contribution in [-0.2, 0) is 9.53 Å². The van der Waals surface area contributed by atoms with Crippen molar-refractivity contribution in [3.8, 4) is 39.3 Å². The minimum absolute atomic E-state index is 0.130. The fourth-order valence-corrected chi connectivity index (χ4v) is 8.69. The molecule has 1 aromatic heterocycles. The number of fused-ring (bicyclic) bond motifs is 4. The van der Waals surface area contributed by atoms with Gasteiger partial charge in [-0.2, -0.15) is 0 Å². The zero-order valence-corrected chi connectivity index (χ0v) is 27.8. The van der Waals surface area contributed by atoms with Crippen molar-refractivity contribution in [1.82, 2.24) is 4.98 Å². The molecule has 47 heavy (non-hydrogen) atoms. The Morgan fingerprint density at radius 1 is 0.872 bits per heavy atom. The summed E-state index contributed by atoms with van der Waals surface area (Å²) in [7, 11) is 4.72. The second-order valence-corrected chi connectivity index (χ2v) is 13.4. The molecule has 1 unspecified atom stereocenters. The predicted octanol–water partition coefficient (Wildman–Crippen LogP) is 8.11. The van der Waals surface area contributed by atoms with E-state index in [4.69, 9.17) is 56.6 Å². The average Bonchev–Trinajstić information content (AvgIpc) is 3.82. The van der Waals surface area contributed by atoms with Crippen molar-refractivity contribution in [2.75, 3.05) is 40.0 Å². The van der Waals surface area contributed by atoms with E-state index in [1.807, 2.05) is 54.6 Å². The van der Waals surface area contributed by atoms with Crippen LogP contribution in [0.4, 0.5) is 5.69 Å². The number of halogens is 2. The van der Waals surface area contributed by atoms with Crippen molar-refractivity contribution in [2.45, 2.75) is 12.0 Å². The maximum absolute atomic E-state index is 13.6. The number of nitrogens with zero attached hydrogens (tertiary/aromatic N) is 1. The summed E-state index contributed by atoms with van der Waals surface area (Å²) in [5, 5.41) is 5.67. The Balaban J connectivity index is 1.20. The topological polar surface area (TPSA) is 97.4 Å². The molecule has 3 heterocycles. The second-order valence-electron chi connectivity index (χ2n) is 11.5. The number of hydrogen-bond acceptors (Lipinski definition) is 10. The molecule has 8 rings (SSSR count). The van der Waals surface area contributed by atoms with Crippen LogP contribution in [0.3, 0.4) is 0 Å². The minimum Gasteiger partial charge on any atom is -0.493 e. The van der Waals surface area contributed by atoms with Crippen molar-refractivity contribution in [1.29, 1.82) is 0 Å². The van der Waals surface area contributed by atoms with Gasteiger partial charge < -0.3 is 33.7 Å². The third-order valence-corrected chi connectivity index (χ3v) is 10.7. The fourth-order valence-electron chi connectivity index (χ4n) is 7.00. The highest BCUT2D eigenvalue weighted by Gasteiger charge is 2.52. The van der Waals surface area contributed by atoms with Crippen LogP contribution in [0.25, 0.3) is 20.8 Å². The number of hydrogen-bond donors (Lipinski definition) is 1. The maximum atomic E-state index is 13.6. The number of cyclic esters (lactones) is 1. The van der Waals surface area contributed by atoms with E-state index in [-0.39, 0.29) is 37.2 Å². The zero-order valence-electron chi connectivity index (χ0n) is 25.5. The molecule has 0 bridgehead atoms. The summed E-state index contributed by atoms with van der Waals surface area (Å²) in [6, 6.07) is 19.2. The molecule has 0 radical (unpaired) electrons. The molecule has 1 fully saturated rings. The number of carbonyl (C=O) groups excluding carboxylic acids is 1. The quantitative estimate of drug-likeness (QED) is 0.170. The molecule has 5 aromatic rings. The maximum Gasteiger partial charge on any atom is 0.310 e. The average molecular weight is 692 g/mol. The first kappa shape index (κ1) is 30.0. The van der Waals surface area contributed by atoms with Gasteiger partial charge in [-0.1, -0.05) is 23.2 Å². The van der Waals surface area contributed by atoms with E-state index in [1.165, 1.54) is 11.3 Å². The highest BCUT2D eigenvalue weighted by atomic mass is 35.5. The number of anilines is 1. The van der Waals surface area contributed by atoms with Gasteiger partial charge in [0.15, 0.2) is 23.0 Å². The fraction of sp³-hybridized carbons (Fsp3) is 0.257. The first-order valence-corrected chi connectivity index (χ1v) is 16.5.